The van der Waals surface area contributed by atoms with Gasteiger partial charge in [0.15, 0.2) is 11.6 Å². The molecule has 1 aliphatic rings. The van der Waals surface area contributed by atoms with Crippen LogP contribution in [0.25, 0.3) is 17.2 Å². The van der Waals surface area contributed by atoms with Gasteiger partial charge >= 0.3 is 0 Å². The van der Waals surface area contributed by atoms with E-state index in [4.69, 9.17) is 9.47 Å². The minimum Gasteiger partial charge on any atom is -0.489 e. The molecule has 148 valence electrons. The summed E-state index contributed by atoms with van der Waals surface area (Å²) in [6, 6.07) is 14.8. The van der Waals surface area contributed by atoms with Crippen LogP contribution < -0.4 is 4.74 Å². The number of epoxide rings is 1. The van der Waals surface area contributed by atoms with Gasteiger partial charge in [0.1, 0.15) is 24.3 Å². The van der Waals surface area contributed by atoms with Gasteiger partial charge in [0, 0.05) is 22.8 Å². The summed E-state index contributed by atoms with van der Waals surface area (Å²) >= 11 is 0. The Balaban J connectivity index is 1.46. The summed E-state index contributed by atoms with van der Waals surface area (Å²) in [6.45, 7) is 2.48. The molecular weight excluding hydrogens is 377 g/mol. The third kappa shape index (κ3) is 4.20. The van der Waals surface area contributed by atoms with Crippen LogP contribution in [0.4, 0.5) is 13.2 Å². The Hall–Kier alpha value is -3.05. The van der Waals surface area contributed by atoms with Gasteiger partial charge in [-0.05, 0) is 30.2 Å². The van der Waals surface area contributed by atoms with Gasteiger partial charge in [-0.1, -0.05) is 48.6 Å². The van der Waals surface area contributed by atoms with Crippen molar-refractivity contribution in [3.8, 4) is 16.9 Å². The number of hydrogen-bond acceptors (Lipinski definition) is 2. The fraction of sp³-hybridized carbons (Fsp3) is 0.167. The van der Waals surface area contributed by atoms with E-state index in [0.29, 0.717) is 23.5 Å². The van der Waals surface area contributed by atoms with Crippen LogP contribution in [0.2, 0.25) is 0 Å². The first-order valence-corrected chi connectivity index (χ1v) is 9.30. The van der Waals surface area contributed by atoms with Crippen LogP contribution in [0.3, 0.4) is 0 Å². The zero-order valence-electron chi connectivity index (χ0n) is 15.8. The summed E-state index contributed by atoms with van der Waals surface area (Å²) in [6.07, 6.45) is 3.11. The van der Waals surface area contributed by atoms with Gasteiger partial charge < -0.3 is 9.47 Å². The molecule has 1 heterocycles. The maximum absolute atomic E-state index is 14.4. The summed E-state index contributed by atoms with van der Waals surface area (Å²) in [5.74, 6) is -1.67. The fourth-order valence-electron chi connectivity index (χ4n) is 3.12. The monoisotopic (exact) mass is 396 g/mol. The van der Waals surface area contributed by atoms with Crippen LogP contribution >= 0.6 is 0 Å². The predicted molar refractivity (Wildman–Crippen MR) is 106 cm³/mol. The fourth-order valence-corrected chi connectivity index (χ4v) is 3.12. The van der Waals surface area contributed by atoms with E-state index in [1.165, 1.54) is 6.07 Å². The highest BCUT2D eigenvalue weighted by Gasteiger charge is 2.30. The molecule has 0 amide bonds. The largest absolute Gasteiger partial charge is 0.489 e. The Morgan fingerprint density at radius 2 is 1.76 bits per heavy atom. The van der Waals surface area contributed by atoms with E-state index >= 15 is 0 Å². The lowest BCUT2D eigenvalue weighted by molar-refractivity contribution is 0.304. The van der Waals surface area contributed by atoms with Gasteiger partial charge in [-0.25, -0.2) is 13.2 Å². The van der Waals surface area contributed by atoms with E-state index in [9.17, 15) is 13.2 Å². The van der Waals surface area contributed by atoms with Crippen LogP contribution in [-0.2, 0) is 11.3 Å². The van der Waals surface area contributed by atoms with Crippen LogP contribution in [-0.4, -0.2) is 6.61 Å². The number of halogens is 3. The lowest BCUT2D eigenvalue weighted by Crippen LogP contribution is -1.98. The standard InChI is InChI=1S/C24H19F3O2/c1-2-3-17-8-9-18(12-21(17)25)28-13-15-4-6-16(7-5-15)19-10-11-20(22-14-29-22)24(27)23(19)26/h2-12,22H,13-14H2,1H3/b3-2+. The van der Waals surface area contributed by atoms with Gasteiger partial charge in [-0.15, -0.1) is 0 Å². The molecule has 0 saturated carbocycles. The smallest absolute Gasteiger partial charge is 0.167 e. The van der Waals surface area contributed by atoms with E-state index in [-0.39, 0.29) is 29.7 Å². The molecule has 0 spiro atoms. The molecule has 1 unspecified atom stereocenters. The highest BCUT2D eigenvalue weighted by atomic mass is 19.2. The molecular formula is C24H19F3O2. The second-order valence-electron chi connectivity index (χ2n) is 6.82. The molecule has 29 heavy (non-hydrogen) atoms. The Kier molecular flexibility index (Phi) is 5.41. The molecule has 4 rings (SSSR count). The third-order valence-corrected chi connectivity index (χ3v) is 4.78. The van der Waals surface area contributed by atoms with E-state index in [1.807, 2.05) is 6.92 Å². The molecule has 2 nitrogen and oxygen atoms in total. The Bertz CT molecular complexity index is 1050. The van der Waals surface area contributed by atoms with Crippen molar-refractivity contribution in [2.45, 2.75) is 19.6 Å². The molecule has 0 N–H and O–H groups in total. The summed E-state index contributed by atoms with van der Waals surface area (Å²) in [5, 5.41) is 0. The third-order valence-electron chi connectivity index (χ3n) is 4.78. The van der Waals surface area contributed by atoms with Crippen molar-refractivity contribution in [2.75, 3.05) is 6.61 Å². The van der Waals surface area contributed by atoms with Crippen molar-refractivity contribution in [3.05, 3.63) is 94.8 Å². The SMILES string of the molecule is C/C=C/c1ccc(OCc2ccc(-c3ccc(C4CO4)c(F)c3F)cc2)cc1F. The second-order valence-corrected chi connectivity index (χ2v) is 6.82. The average molecular weight is 396 g/mol. The van der Waals surface area contributed by atoms with Crippen molar-refractivity contribution < 1.29 is 22.6 Å². The lowest BCUT2D eigenvalue weighted by Gasteiger charge is -2.10. The Morgan fingerprint density at radius 1 is 1.00 bits per heavy atom. The summed E-state index contributed by atoms with van der Waals surface area (Å²) in [5.41, 5.74) is 2.34. The number of rotatable bonds is 6. The summed E-state index contributed by atoms with van der Waals surface area (Å²) in [4.78, 5) is 0. The lowest BCUT2D eigenvalue weighted by atomic mass is 10.0. The van der Waals surface area contributed by atoms with Crippen LogP contribution in [0, 0.1) is 17.5 Å². The number of hydrogen-bond donors (Lipinski definition) is 0. The average Bonchev–Trinajstić information content (AvgIpc) is 3.56. The number of benzene rings is 3. The van der Waals surface area contributed by atoms with Gasteiger partial charge in [-0.3, -0.25) is 0 Å². The van der Waals surface area contributed by atoms with Gasteiger partial charge in [0.25, 0.3) is 0 Å². The second kappa shape index (κ2) is 8.13. The Labute approximate surface area is 167 Å². The number of allylic oxidation sites excluding steroid dienone is 1. The topological polar surface area (TPSA) is 21.8 Å². The van der Waals surface area contributed by atoms with Crippen molar-refractivity contribution in [3.63, 3.8) is 0 Å². The number of ether oxygens (including phenoxy) is 2. The van der Waals surface area contributed by atoms with Crippen LogP contribution in [0.1, 0.15) is 29.7 Å². The van der Waals surface area contributed by atoms with E-state index in [0.717, 1.165) is 5.56 Å². The maximum Gasteiger partial charge on any atom is 0.167 e. The van der Waals surface area contributed by atoms with Crippen LogP contribution in [0.5, 0.6) is 5.75 Å². The summed E-state index contributed by atoms with van der Waals surface area (Å²) in [7, 11) is 0. The molecule has 0 aliphatic carbocycles. The van der Waals surface area contributed by atoms with Crippen molar-refractivity contribution in [1.29, 1.82) is 0 Å². The zero-order chi connectivity index (χ0) is 20.4. The molecule has 3 aromatic carbocycles. The van der Waals surface area contributed by atoms with E-state index in [1.54, 1.807) is 60.7 Å². The van der Waals surface area contributed by atoms with Gasteiger partial charge in [0.05, 0.1) is 6.61 Å². The van der Waals surface area contributed by atoms with Crippen molar-refractivity contribution in [1.82, 2.24) is 0 Å². The molecule has 0 radical (unpaired) electrons. The quantitative estimate of drug-likeness (QED) is 0.446. The van der Waals surface area contributed by atoms with Crippen molar-refractivity contribution in [2.24, 2.45) is 0 Å². The molecule has 0 aromatic heterocycles. The highest BCUT2D eigenvalue weighted by molar-refractivity contribution is 5.65. The van der Waals surface area contributed by atoms with Gasteiger partial charge in [-0.2, -0.15) is 0 Å². The first kappa shape index (κ1) is 19.3. The predicted octanol–water partition coefficient (Wildman–Crippen LogP) is 6.45. The molecule has 1 fully saturated rings. The zero-order valence-corrected chi connectivity index (χ0v) is 15.8. The van der Waals surface area contributed by atoms with Crippen LogP contribution in [0.15, 0.2) is 60.7 Å². The maximum atomic E-state index is 14.4. The van der Waals surface area contributed by atoms with E-state index in [2.05, 4.69) is 0 Å². The minimum atomic E-state index is -0.876. The molecule has 0 bridgehead atoms. The molecule has 1 saturated heterocycles. The molecule has 3 aromatic rings. The first-order chi connectivity index (χ1) is 14.1. The summed E-state index contributed by atoms with van der Waals surface area (Å²) < 4.78 is 53.3. The van der Waals surface area contributed by atoms with Crippen molar-refractivity contribution >= 4 is 6.08 Å². The van der Waals surface area contributed by atoms with E-state index < -0.39 is 11.6 Å². The van der Waals surface area contributed by atoms with Gasteiger partial charge in [0.2, 0.25) is 0 Å². The minimum absolute atomic E-state index is 0.195. The highest BCUT2D eigenvalue weighted by Crippen LogP contribution is 2.35. The normalized spacial score (nSPS) is 15.7. The molecule has 1 atom stereocenters. The molecule has 1 aliphatic heterocycles. The molecule has 5 heteroatoms. The first-order valence-electron chi connectivity index (χ1n) is 9.30. The Morgan fingerprint density at radius 3 is 2.41 bits per heavy atom.